The summed E-state index contributed by atoms with van der Waals surface area (Å²) in [6.07, 6.45) is 2.33. The molecule has 1 aromatic carbocycles. The molecule has 1 nitrogen and oxygen atoms in total. The molecule has 1 aromatic rings. The van der Waals surface area contributed by atoms with Gasteiger partial charge in [0.1, 0.15) is 0 Å². The molecule has 0 unspecified atom stereocenters. The van der Waals surface area contributed by atoms with Crippen LogP contribution in [0.1, 0.15) is 44.7 Å². The standard InChI is InChI=1S/C14H20O/c1-13(2,3)11-6-5-7-12(10-11)14(15-4)8-9-14/h5-7,10H,8-9H2,1-4H3. The summed E-state index contributed by atoms with van der Waals surface area (Å²) in [5.41, 5.74) is 3.00. The zero-order valence-corrected chi connectivity index (χ0v) is 10.1. The van der Waals surface area contributed by atoms with Crippen molar-refractivity contribution < 1.29 is 4.74 Å². The van der Waals surface area contributed by atoms with Crippen LogP contribution in [0.3, 0.4) is 0 Å². The van der Waals surface area contributed by atoms with Crippen LogP contribution >= 0.6 is 0 Å². The largest absolute Gasteiger partial charge is 0.374 e. The summed E-state index contributed by atoms with van der Waals surface area (Å²) in [5, 5.41) is 0. The molecule has 1 aliphatic rings. The van der Waals surface area contributed by atoms with E-state index in [0.717, 1.165) is 12.8 Å². The average Bonchev–Trinajstić information content (AvgIpc) is 2.97. The van der Waals surface area contributed by atoms with Crippen LogP contribution in [-0.4, -0.2) is 7.11 Å². The van der Waals surface area contributed by atoms with Crippen LogP contribution in [0.15, 0.2) is 24.3 Å². The molecule has 0 spiro atoms. The van der Waals surface area contributed by atoms with E-state index in [-0.39, 0.29) is 11.0 Å². The lowest BCUT2D eigenvalue weighted by atomic mass is 9.85. The van der Waals surface area contributed by atoms with E-state index in [1.165, 1.54) is 11.1 Å². The van der Waals surface area contributed by atoms with E-state index in [4.69, 9.17) is 4.74 Å². The molecule has 0 radical (unpaired) electrons. The van der Waals surface area contributed by atoms with Gasteiger partial charge in [-0.2, -0.15) is 0 Å². The van der Waals surface area contributed by atoms with Gasteiger partial charge in [-0.05, 0) is 29.4 Å². The van der Waals surface area contributed by atoms with E-state index in [1.54, 1.807) is 0 Å². The Morgan fingerprint density at radius 1 is 1.20 bits per heavy atom. The number of ether oxygens (including phenoxy) is 1. The van der Waals surface area contributed by atoms with Crippen molar-refractivity contribution in [3.63, 3.8) is 0 Å². The molecule has 0 heterocycles. The van der Waals surface area contributed by atoms with Crippen LogP contribution < -0.4 is 0 Å². The first-order valence-electron chi connectivity index (χ1n) is 5.64. The number of methoxy groups -OCH3 is 1. The summed E-state index contributed by atoms with van der Waals surface area (Å²) in [7, 11) is 1.82. The minimum Gasteiger partial charge on any atom is -0.374 e. The van der Waals surface area contributed by atoms with Crippen LogP contribution in [0.25, 0.3) is 0 Å². The van der Waals surface area contributed by atoms with Crippen molar-refractivity contribution >= 4 is 0 Å². The lowest BCUT2D eigenvalue weighted by molar-refractivity contribution is 0.0788. The van der Waals surface area contributed by atoms with Crippen molar-refractivity contribution in [2.75, 3.05) is 7.11 Å². The SMILES string of the molecule is COC1(c2cccc(C(C)(C)C)c2)CC1. The van der Waals surface area contributed by atoms with Gasteiger partial charge in [-0.25, -0.2) is 0 Å². The van der Waals surface area contributed by atoms with Gasteiger partial charge in [-0.15, -0.1) is 0 Å². The molecule has 0 aliphatic heterocycles. The predicted octanol–water partition coefficient (Wildman–Crippen LogP) is 3.62. The molecule has 0 aromatic heterocycles. The summed E-state index contributed by atoms with van der Waals surface area (Å²) in [5.74, 6) is 0. The van der Waals surface area contributed by atoms with Gasteiger partial charge in [0.25, 0.3) is 0 Å². The second kappa shape index (κ2) is 3.34. The molecule has 15 heavy (non-hydrogen) atoms. The van der Waals surface area contributed by atoms with Gasteiger partial charge in [-0.3, -0.25) is 0 Å². The Kier molecular flexibility index (Phi) is 2.38. The highest BCUT2D eigenvalue weighted by atomic mass is 16.5. The third kappa shape index (κ3) is 1.93. The molecule has 82 valence electrons. The van der Waals surface area contributed by atoms with Gasteiger partial charge >= 0.3 is 0 Å². The third-order valence-electron chi connectivity index (χ3n) is 3.35. The van der Waals surface area contributed by atoms with Gasteiger partial charge in [0, 0.05) is 7.11 Å². The van der Waals surface area contributed by atoms with Crippen molar-refractivity contribution in [1.29, 1.82) is 0 Å². The zero-order chi connectivity index (χ0) is 11.1. The zero-order valence-electron chi connectivity index (χ0n) is 10.1. The molecular formula is C14H20O. The Morgan fingerprint density at radius 3 is 2.33 bits per heavy atom. The first kappa shape index (κ1) is 10.7. The van der Waals surface area contributed by atoms with Crippen LogP contribution in [-0.2, 0) is 15.8 Å². The summed E-state index contributed by atoms with van der Waals surface area (Å²) < 4.78 is 5.60. The van der Waals surface area contributed by atoms with E-state index in [9.17, 15) is 0 Å². The molecule has 2 rings (SSSR count). The second-order valence-corrected chi connectivity index (χ2v) is 5.53. The molecule has 0 saturated heterocycles. The second-order valence-electron chi connectivity index (χ2n) is 5.53. The number of benzene rings is 1. The summed E-state index contributed by atoms with van der Waals surface area (Å²) in [4.78, 5) is 0. The fourth-order valence-electron chi connectivity index (χ4n) is 1.99. The van der Waals surface area contributed by atoms with Gasteiger partial charge < -0.3 is 4.74 Å². The molecule has 0 bridgehead atoms. The minimum atomic E-state index is 0.0429. The van der Waals surface area contributed by atoms with Gasteiger partial charge in [0.05, 0.1) is 5.60 Å². The first-order chi connectivity index (χ1) is 6.98. The van der Waals surface area contributed by atoms with E-state index in [2.05, 4.69) is 45.0 Å². The van der Waals surface area contributed by atoms with Crippen molar-refractivity contribution in [2.45, 2.75) is 44.6 Å². The minimum absolute atomic E-state index is 0.0429. The highest BCUT2D eigenvalue weighted by Crippen LogP contribution is 2.49. The third-order valence-corrected chi connectivity index (χ3v) is 3.35. The van der Waals surface area contributed by atoms with Crippen LogP contribution in [0, 0.1) is 0 Å². The molecule has 0 amide bonds. The van der Waals surface area contributed by atoms with E-state index in [0.29, 0.717) is 0 Å². The number of hydrogen-bond acceptors (Lipinski definition) is 1. The molecule has 1 aliphatic carbocycles. The maximum Gasteiger partial charge on any atom is 0.0930 e. The Morgan fingerprint density at radius 2 is 1.87 bits per heavy atom. The molecule has 1 fully saturated rings. The Balaban J connectivity index is 2.35. The van der Waals surface area contributed by atoms with E-state index >= 15 is 0 Å². The van der Waals surface area contributed by atoms with E-state index in [1.807, 2.05) is 7.11 Å². The van der Waals surface area contributed by atoms with Crippen molar-refractivity contribution in [2.24, 2.45) is 0 Å². The molecule has 1 saturated carbocycles. The van der Waals surface area contributed by atoms with Gasteiger partial charge in [-0.1, -0.05) is 45.0 Å². The fraction of sp³-hybridized carbons (Fsp3) is 0.571. The maximum atomic E-state index is 5.60. The Bertz CT molecular complexity index is 356. The van der Waals surface area contributed by atoms with Gasteiger partial charge in [0.15, 0.2) is 0 Å². The monoisotopic (exact) mass is 204 g/mol. The normalized spacial score (nSPS) is 18.9. The van der Waals surface area contributed by atoms with Crippen molar-refractivity contribution in [1.82, 2.24) is 0 Å². The summed E-state index contributed by atoms with van der Waals surface area (Å²) in [6, 6.07) is 8.84. The smallest absolute Gasteiger partial charge is 0.0930 e. The maximum absolute atomic E-state index is 5.60. The molecule has 0 atom stereocenters. The quantitative estimate of drug-likeness (QED) is 0.715. The van der Waals surface area contributed by atoms with Gasteiger partial charge in [0.2, 0.25) is 0 Å². The van der Waals surface area contributed by atoms with Crippen molar-refractivity contribution in [3.05, 3.63) is 35.4 Å². The Labute approximate surface area is 92.5 Å². The molecular weight excluding hydrogens is 184 g/mol. The lowest BCUT2D eigenvalue weighted by Gasteiger charge is -2.22. The summed E-state index contributed by atoms with van der Waals surface area (Å²) >= 11 is 0. The fourth-order valence-corrected chi connectivity index (χ4v) is 1.99. The Hall–Kier alpha value is -0.820. The lowest BCUT2D eigenvalue weighted by Crippen LogP contribution is -2.14. The summed E-state index contributed by atoms with van der Waals surface area (Å²) in [6.45, 7) is 6.75. The van der Waals surface area contributed by atoms with Crippen LogP contribution in [0.2, 0.25) is 0 Å². The van der Waals surface area contributed by atoms with Crippen molar-refractivity contribution in [3.8, 4) is 0 Å². The van der Waals surface area contributed by atoms with Crippen LogP contribution in [0.4, 0.5) is 0 Å². The van der Waals surface area contributed by atoms with Crippen LogP contribution in [0.5, 0.6) is 0 Å². The average molecular weight is 204 g/mol. The molecule has 1 heteroatoms. The van der Waals surface area contributed by atoms with E-state index < -0.39 is 0 Å². The highest BCUT2D eigenvalue weighted by molar-refractivity contribution is 5.35. The number of rotatable bonds is 2. The highest BCUT2D eigenvalue weighted by Gasteiger charge is 2.44. The predicted molar refractivity (Wildman–Crippen MR) is 63.1 cm³/mol. The topological polar surface area (TPSA) is 9.23 Å². The molecule has 0 N–H and O–H groups in total. The first-order valence-corrected chi connectivity index (χ1v) is 5.64. The number of hydrogen-bond donors (Lipinski definition) is 0.